The summed E-state index contributed by atoms with van der Waals surface area (Å²) in [5, 5.41) is 2.34. The monoisotopic (exact) mass is 505 g/mol. The van der Waals surface area contributed by atoms with Crippen molar-refractivity contribution >= 4 is 28.0 Å². The second-order valence-electron chi connectivity index (χ2n) is 8.95. The lowest BCUT2D eigenvalue weighted by atomic mass is 9.70. The summed E-state index contributed by atoms with van der Waals surface area (Å²) < 4.78 is 37.2. The third-order valence-corrected chi connectivity index (χ3v) is 7.70. The number of nitrogens with one attached hydrogen (secondary N) is 2. The number of amides is 2. The normalized spacial score (nSPS) is 20.2. The first kappa shape index (κ1) is 26.3. The first-order valence-corrected chi connectivity index (χ1v) is 12.8. The van der Waals surface area contributed by atoms with Crippen molar-refractivity contribution in [2.45, 2.75) is 50.8 Å². The van der Waals surface area contributed by atoms with Gasteiger partial charge in [-0.2, -0.15) is 15.0 Å². The Morgan fingerprint density at radius 2 is 1.80 bits per heavy atom. The van der Waals surface area contributed by atoms with Gasteiger partial charge in [0.1, 0.15) is 10.7 Å². The van der Waals surface area contributed by atoms with E-state index in [1.807, 2.05) is 4.72 Å². The number of ether oxygens (including phenoxy) is 2. The van der Waals surface area contributed by atoms with Gasteiger partial charge in [-0.25, -0.2) is 22.7 Å². The highest BCUT2D eigenvalue weighted by molar-refractivity contribution is 7.90. The molecule has 2 amide bonds. The fourth-order valence-corrected chi connectivity index (χ4v) is 5.73. The van der Waals surface area contributed by atoms with E-state index in [4.69, 9.17) is 4.74 Å². The fourth-order valence-electron chi connectivity index (χ4n) is 4.63. The lowest BCUT2D eigenvalue weighted by Crippen LogP contribution is -2.36. The molecule has 2 N–H and O–H groups in total. The van der Waals surface area contributed by atoms with Crippen molar-refractivity contribution in [1.82, 2.24) is 19.7 Å². The van der Waals surface area contributed by atoms with Crippen LogP contribution in [0.2, 0.25) is 0 Å². The van der Waals surface area contributed by atoms with Gasteiger partial charge in [0.2, 0.25) is 5.95 Å². The summed E-state index contributed by atoms with van der Waals surface area (Å²) in [6, 6.07) is 4.32. The van der Waals surface area contributed by atoms with Gasteiger partial charge in [-0.15, -0.1) is 0 Å². The predicted octanol–water partition coefficient (Wildman–Crippen LogP) is 3.35. The smallest absolute Gasteiger partial charge is 0.339 e. The number of hydrogen-bond donors (Lipinski definition) is 2. The van der Waals surface area contributed by atoms with Crippen molar-refractivity contribution in [3.63, 3.8) is 0 Å². The number of urea groups is 1. The van der Waals surface area contributed by atoms with E-state index in [0.717, 1.165) is 26.4 Å². The number of sulfonamides is 1. The van der Waals surface area contributed by atoms with Gasteiger partial charge in [-0.1, -0.05) is 32.9 Å². The molecule has 0 saturated heterocycles. The van der Waals surface area contributed by atoms with E-state index < -0.39 is 26.9 Å². The molecule has 11 nitrogen and oxygen atoms in total. The molecule has 0 spiro atoms. The molecule has 3 rings (SSSR count). The van der Waals surface area contributed by atoms with E-state index in [-0.39, 0.29) is 23.4 Å². The first-order valence-electron chi connectivity index (χ1n) is 11.4. The van der Waals surface area contributed by atoms with Crippen molar-refractivity contribution in [3.05, 3.63) is 35.7 Å². The molecule has 12 heteroatoms. The Hall–Kier alpha value is -3.28. The second-order valence-corrected chi connectivity index (χ2v) is 10.6. The van der Waals surface area contributed by atoms with Crippen LogP contribution < -0.4 is 14.8 Å². The van der Waals surface area contributed by atoms with Gasteiger partial charge in [0.15, 0.2) is 0 Å². The molecule has 1 aliphatic rings. The van der Waals surface area contributed by atoms with Crippen LogP contribution in [0.15, 0.2) is 29.2 Å². The van der Waals surface area contributed by atoms with Gasteiger partial charge in [-0.05, 0) is 49.1 Å². The number of carbonyl (C=O) groups excluding carboxylic acids is 2. The summed E-state index contributed by atoms with van der Waals surface area (Å²) in [6.45, 7) is 6.68. The molecule has 1 heterocycles. The molecule has 2 aromatic rings. The third-order valence-electron chi connectivity index (χ3n) is 6.31. The molecule has 190 valence electrons. The van der Waals surface area contributed by atoms with E-state index in [1.54, 1.807) is 0 Å². The minimum absolute atomic E-state index is 0.0165. The zero-order valence-corrected chi connectivity index (χ0v) is 21.3. The summed E-state index contributed by atoms with van der Waals surface area (Å²) in [4.78, 5) is 36.9. The Morgan fingerprint density at radius 1 is 1.09 bits per heavy atom. The fraction of sp³-hybridized carbons (Fsp3) is 0.522. The SMILES string of the molecule is COC(=O)c1ccccc1S(=O)(=O)NC(=O)Nc1nc(OC)nc(C2CCC(C(C)C)C(C)C2)n1. The van der Waals surface area contributed by atoms with Crippen molar-refractivity contribution < 1.29 is 27.5 Å². The topological polar surface area (TPSA) is 149 Å². The van der Waals surface area contributed by atoms with Crippen LogP contribution in [0.25, 0.3) is 0 Å². The average Bonchev–Trinajstić information content (AvgIpc) is 2.82. The number of esters is 1. The zero-order valence-electron chi connectivity index (χ0n) is 20.4. The number of aromatic nitrogens is 3. The van der Waals surface area contributed by atoms with E-state index in [1.165, 1.54) is 31.4 Å². The standard InChI is InChI=1S/C23H31N5O6S/c1-13(2)16-11-10-15(12-14(16)3)19-24-21(27-23(25-19)34-5)26-22(30)28-35(31,32)18-9-7-6-8-17(18)20(29)33-4/h6-9,13-16H,10-12H2,1-5H3,(H2,24,25,26,27,28,30). The molecule has 0 aliphatic heterocycles. The summed E-state index contributed by atoms with van der Waals surface area (Å²) in [7, 11) is -1.87. The van der Waals surface area contributed by atoms with E-state index in [2.05, 4.69) is 45.8 Å². The van der Waals surface area contributed by atoms with Crippen molar-refractivity contribution in [1.29, 1.82) is 0 Å². The molecular formula is C23H31N5O6S. The number of nitrogens with zero attached hydrogens (tertiary/aromatic N) is 3. The van der Waals surface area contributed by atoms with E-state index in [0.29, 0.717) is 23.6 Å². The lowest BCUT2D eigenvalue weighted by molar-refractivity contribution is 0.0596. The molecule has 1 aromatic carbocycles. The lowest BCUT2D eigenvalue weighted by Gasteiger charge is -2.35. The highest BCUT2D eigenvalue weighted by atomic mass is 32.2. The Balaban J connectivity index is 1.78. The number of carbonyl (C=O) groups is 2. The van der Waals surface area contributed by atoms with Crippen LogP contribution in [0.4, 0.5) is 10.7 Å². The van der Waals surface area contributed by atoms with Crippen LogP contribution in [0.1, 0.15) is 62.1 Å². The highest BCUT2D eigenvalue weighted by Gasteiger charge is 2.32. The van der Waals surface area contributed by atoms with Crippen LogP contribution in [0.5, 0.6) is 6.01 Å². The van der Waals surface area contributed by atoms with E-state index in [9.17, 15) is 18.0 Å². The number of methoxy groups -OCH3 is 2. The van der Waals surface area contributed by atoms with Gasteiger partial charge in [-0.3, -0.25) is 5.32 Å². The molecular weight excluding hydrogens is 474 g/mol. The predicted molar refractivity (Wildman–Crippen MR) is 128 cm³/mol. The molecule has 1 saturated carbocycles. The molecule has 1 aliphatic carbocycles. The molecule has 0 bridgehead atoms. The van der Waals surface area contributed by atoms with Gasteiger partial charge >= 0.3 is 18.0 Å². The van der Waals surface area contributed by atoms with Crippen molar-refractivity contribution in [2.24, 2.45) is 17.8 Å². The minimum Gasteiger partial charge on any atom is -0.467 e. The zero-order chi connectivity index (χ0) is 25.8. The molecule has 35 heavy (non-hydrogen) atoms. The van der Waals surface area contributed by atoms with Crippen LogP contribution in [0, 0.1) is 17.8 Å². The van der Waals surface area contributed by atoms with Crippen LogP contribution in [-0.4, -0.2) is 49.6 Å². The summed E-state index contributed by atoms with van der Waals surface area (Å²) in [5.41, 5.74) is -0.203. The number of anilines is 1. The molecule has 3 unspecified atom stereocenters. The summed E-state index contributed by atoms with van der Waals surface area (Å²) >= 11 is 0. The summed E-state index contributed by atoms with van der Waals surface area (Å²) in [6.07, 6.45) is 2.82. The van der Waals surface area contributed by atoms with Gasteiger partial charge < -0.3 is 9.47 Å². The molecule has 1 fully saturated rings. The van der Waals surface area contributed by atoms with Crippen LogP contribution in [-0.2, 0) is 14.8 Å². The summed E-state index contributed by atoms with van der Waals surface area (Å²) in [5.74, 6) is 1.26. The second kappa shape index (κ2) is 11.0. The first-order chi connectivity index (χ1) is 16.6. The number of rotatable bonds is 7. The van der Waals surface area contributed by atoms with Crippen LogP contribution >= 0.6 is 0 Å². The molecule has 1 aromatic heterocycles. The van der Waals surface area contributed by atoms with Crippen LogP contribution in [0.3, 0.4) is 0 Å². The Morgan fingerprint density at radius 3 is 2.43 bits per heavy atom. The molecule has 0 radical (unpaired) electrons. The largest absolute Gasteiger partial charge is 0.467 e. The Labute approximate surface area is 205 Å². The maximum atomic E-state index is 12.8. The van der Waals surface area contributed by atoms with Gasteiger partial charge in [0.05, 0.1) is 19.8 Å². The third kappa shape index (κ3) is 6.24. The van der Waals surface area contributed by atoms with E-state index >= 15 is 0 Å². The maximum absolute atomic E-state index is 12.8. The maximum Gasteiger partial charge on any atom is 0.339 e. The highest BCUT2D eigenvalue weighted by Crippen LogP contribution is 2.41. The van der Waals surface area contributed by atoms with Gasteiger partial charge in [0, 0.05) is 5.92 Å². The molecule has 3 atom stereocenters. The number of benzene rings is 1. The van der Waals surface area contributed by atoms with Gasteiger partial charge in [0.25, 0.3) is 10.0 Å². The Bertz CT molecular complexity index is 1190. The Kier molecular flexibility index (Phi) is 8.26. The average molecular weight is 506 g/mol. The quantitative estimate of drug-likeness (QED) is 0.540. The number of hydrogen-bond acceptors (Lipinski definition) is 9. The minimum atomic E-state index is -4.40. The van der Waals surface area contributed by atoms with Crippen molar-refractivity contribution in [3.8, 4) is 6.01 Å². The van der Waals surface area contributed by atoms with Crippen molar-refractivity contribution in [2.75, 3.05) is 19.5 Å².